The van der Waals surface area contributed by atoms with Crippen LogP contribution in [-0.2, 0) is 13.1 Å². The lowest BCUT2D eigenvalue weighted by atomic mass is 10.1. The molecule has 0 fully saturated rings. The fraction of sp³-hybridized carbons (Fsp3) is 0.143. The minimum absolute atomic E-state index is 0.286. The molecule has 0 atom stereocenters. The van der Waals surface area contributed by atoms with Gasteiger partial charge in [-0.3, -0.25) is 0 Å². The molecule has 0 saturated carbocycles. The van der Waals surface area contributed by atoms with Crippen molar-refractivity contribution in [3.63, 3.8) is 0 Å². The van der Waals surface area contributed by atoms with Gasteiger partial charge in [-0.2, -0.15) is 4.98 Å². The number of aromatic nitrogens is 4. The molecular formula is C21H20N6O2. The minimum atomic E-state index is -0.286. The van der Waals surface area contributed by atoms with Gasteiger partial charge in [0.05, 0.1) is 6.33 Å². The largest absolute Gasteiger partial charge is 0.339 e. The van der Waals surface area contributed by atoms with Crippen LogP contribution in [0, 0.1) is 6.92 Å². The summed E-state index contributed by atoms with van der Waals surface area (Å²) >= 11 is 0. The highest BCUT2D eigenvalue weighted by atomic mass is 16.5. The standard InChI is InChI=1S/C21H20N6O2/c1-15-24-20(26-29-15)18-6-3-7-19(11-18)25-21(28)23-12-16-4-2-5-17(10-16)13-27-9-8-22-14-27/h2-11,14H,12-13H2,1H3,(H2,23,25,28). The summed E-state index contributed by atoms with van der Waals surface area (Å²) in [5.41, 5.74) is 3.59. The molecular weight excluding hydrogens is 368 g/mol. The van der Waals surface area contributed by atoms with Crippen molar-refractivity contribution in [3.8, 4) is 11.4 Å². The molecule has 146 valence electrons. The zero-order chi connectivity index (χ0) is 20.1. The average Bonchev–Trinajstić information content (AvgIpc) is 3.39. The third kappa shape index (κ3) is 4.86. The van der Waals surface area contributed by atoms with Gasteiger partial charge in [-0.05, 0) is 23.3 Å². The molecule has 2 N–H and O–H groups in total. The second-order valence-corrected chi connectivity index (χ2v) is 6.58. The third-order valence-corrected chi connectivity index (χ3v) is 4.28. The normalized spacial score (nSPS) is 10.7. The van der Waals surface area contributed by atoms with Crippen LogP contribution in [0.5, 0.6) is 0 Å². The third-order valence-electron chi connectivity index (χ3n) is 4.28. The monoisotopic (exact) mass is 388 g/mol. The van der Waals surface area contributed by atoms with Crippen LogP contribution < -0.4 is 10.6 Å². The molecule has 4 rings (SSSR count). The smallest absolute Gasteiger partial charge is 0.319 e. The first-order valence-electron chi connectivity index (χ1n) is 9.15. The minimum Gasteiger partial charge on any atom is -0.339 e. The van der Waals surface area contributed by atoms with Crippen LogP contribution in [0.4, 0.5) is 10.5 Å². The number of benzene rings is 2. The maximum absolute atomic E-state index is 12.3. The van der Waals surface area contributed by atoms with Crippen LogP contribution in [0.1, 0.15) is 17.0 Å². The Morgan fingerprint density at radius 3 is 2.79 bits per heavy atom. The molecule has 4 aromatic rings. The van der Waals surface area contributed by atoms with Gasteiger partial charge in [-0.25, -0.2) is 9.78 Å². The first kappa shape index (κ1) is 18.4. The van der Waals surface area contributed by atoms with Gasteiger partial charge in [0.1, 0.15) is 0 Å². The molecule has 0 saturated heterocycles. The van der Waals surface area contributed by atoms with Crippen molar-refractivity contribution in [1.82, 2.24) is 25.0 Å². The second kappa shape index (κ2) is 8.39. The Balaban J connectivity index is 1.35. The van der Waals surface area contributed by atoms with Gasteiger partial charge in [-0.15, -0.1) is 0 Å². The van der Waals surface area contributed by atoms with Gasteiger partial charge in [0, 0.05) is 43.7 Å². The lowest BCUT2D eigenvalue weighted by Crippen LogP contribution is -2.28. The van der Waals surface area contributed by atoms with Crippen molar-refractivity contribution in [2.75, 3.05) is 5.32 Å². The number of nitrogens with one attached hydrogen (secondary N) is 2. The average molecular weight is 388 g/mol. The maximum Gasteiger partial charge on any atom is 0.319 e. The first-order chi connectivity index (χ1) is 14.2. The van der Waals surface area contributed by atoms with E-state index in [0.717, 1.165) is 23.2 Å². The number of carbonyl (C=O) groups excluding carboxylic acids is 1. The molecule has 2 amide bonds. The van der Waals surface area contributed by atoms with E-state index >= 15 is 0 Å². The van der Waals surface area contributed by atoms with E-state index in [0.29, 0.717) is 23.9 Å². The number of hydrogen-bond acceptors (Lipinski definition) is 5. The van der Waals surface area contributed by atoms with Crippen LogP contribution >= 0.6 is 0 Å². The molecule has 29 heavy (non-hydrogen) atoms. The van der Waals surface area contributed by atoms with Gasteiger partial charge in [0.2, 0.25) is 11.7 Å². The lowest BCUT2D eigenvalue weighted by Gasteiger charge is -2.10. The Bertz CT molecular complexity index is 1100. The van der Waals surface area contributed by atoms with E-state index in [2.05, 4.69) is 37.9 Å². The maximum atomic E-state index is 12.3. The van der Waals surface area contributed by atoms with Crippen molar-refractivity contribution in [2.24, 2.45) is 0 Å². The summed E-state index contributed by atoms with van der Waals surface area (Å²) in [5.74, 6) is 0.979. The first-order valence-corrected chi connectivity index (χ1v) is 9.15. The van der Waals surface area contributed by atoms with Crippen LogP contribution in [0.3, 0.4) is 0 Å². The molecule has 0 aliphatic rings. The van der Waals surface area contributed by atoms with E-state index in [-0.39, 0.29) is 6.03 Å². The molecule has 0 aliphatic heterocycles. The predicted molar refractivity (Wildman–Crippen MR) is 108 cm³/mol. The number of imidazole rings is 1. The molecule has 0 bridgehead atoms. The zero-order valence-corrected chi connectivity index (χ0v) is 15.9. The van der Waals surface area contributed by atoms with Crippen molar-refractivity contribution in [1.29, 1.82) is 0 Å². The number of rotatable bonds is 6. The zero-order valence-electron chi connectivity index (χ0n) is 15.9. The topological polar surface area (TPSA) is 97.9 Å². The number of urea groups is 1. The van der Waals surface area contributed by atoms with E-state index in [9.17, 15) is 4.79 Å². The Labute approximate surface area is 167 Å². The Morgan fingerprint density at radius 1 is 1.14 bits per heavy atom. The molecule has 8 nitrogen and oxygen atoms in total. The van der Waals surface area contributed by atoms with Crippen molar-refractivity contribution in [3.05, 3.63) is 84.3 Å². The lowest BCUT2D eigenvalue weighted by molar-refractivity contribution is 0.251. The fourth-order valence-corrected chi connectivity index (χ4v) is 2.94. The van der Waals surface area contributed by atoms with Gasteiger partial charge in [-0.1, -0.05) is 41.6 Å². The number of nitrogens with zero attached hydrogens (tertiary/aromatic N) is 4. The van der Waals surface area contributed by atoms with Gasteiger partial charge in [0.25, 0.3) is 0 Å². The molecule has 0 aliphatic carbocycles. The summed E-state index contributed by atoms with van der Waals surface area (Å²) in [7, 11) is 0. The number of amides is 2. The van der Waals surface area contributed by atoms with Crippen molar-refractivity contribution < 1.29 is 9.32 Å². The van der Waals surface area contributed by atoms with Gasteiger partial charge < -0.3 is 19.7 Å². The summed E-state index contributed by atoms with van der Waals surface area (Å²) in [6.07, 6.45) is 5.45. The molecule has 0 radical (unpaired) electrons. The highest BCUT2D eigenvalue weighted by molar-refractivity contribution is 5.89. The molecule has 8 heteroatoms. The quantitative estimate of drug-likeness (QED) is 0.526. The SMILES string of the molecule is Cc1nc(-c2cccc(NC(=O)NCc3cccc(Cn4ccnc4)c3)c2)no1. The molecule has 2 heterocycles. The van der Waals surface area contributed by atoms with Gasteiger partial charge >= 0.3 is 6.03 Å². The number of aryl methyl sites for hydroxylation is 1. The van der Waals surface area contributed by atoms with E-state index in [1.807, 2.05) is 41.1 Å². The Hall–Kier alpha value is -3.94. The molecule has 2 aromatic carbocycles. The highest BCUT2D eigenvalue weighted by Crippen LogP contribution is 2.20. The predicted octanol–water partition coefficient (Wildman–Crippen LogP) is 3.61. The highest BCUT2D eigenvalue weighted by Gasteiger charge is 2.08. The van der Waals surface area contributed by atoms with Crippen molar-refractivity contribution in [2.45, 2.75) is 20.0 Å². The number of anilines is 1. The molecule has 2 aromatic heterocycles. The van der Waals surface area contributed by atoms with E-state index in [4.69, 9.17) is 4.52 Å². The van der Waals surface area contributed by atoms with Crippen LogP contribution in [0.2, 0.25) is 0 Å². The van der Waals surface area contributed by atoms with Crippen LogP contribution in [-0.4, -0.2) is 25.7 Å². The van der Waals surface area contributed by atoms with Crippen LogP contribution in [0.15, 0.2) is 71.8 Å². The van der Waals surface area contributed by atoms with Crippen LogP contribution in [0.25, 0.3) is 11.4 Å². The number of carbonyl (C=O) groups is 1. The summed E-state index contributed by atoms with van der Waals surface area (Å²) in [6.45, 7) is 2.90. The molecule has 0 unspecified atom stereocenters. The summed E-state index contributed by atoms with van der Waals surface area (Å²) in [5, 5.41) is 9.61. The van der Waals surface area contributed by atoms with E-state index in [1.54, 1.807) is 25.5 Å². The Kier molecular flexibility index (Phi) is 5.33. The summed E-state index contributed by atoms with van der Waals surface area (Å²) in [6, 6.07) is 15.1. The molecule has 0 spiro atoms. The van der Waals surface area contributed by atoms with E-state index < -0.39 is 0 Å². The fourth-order valence-electron chi connectivity index (χ4n) is 2.94. The van der Waals surface area contributed by atoms with Gasteiger partial charge in [0.15, 0.2) is 0 Å². The Morgan fingerprint density at radius 2 is 2.00 bits per heavy atom. The van der Waals surface area contributed by atoms with Crippen molar-refractivity contribution >= 4 is 11.7 Å². The summed E-state index contributed by atoms with van der Waals surface area (Å²) < 4.78 is 7.00. The van der Waals surface area contributed by atoms with E-state index in [1.165, 1.54) is 0 Å². The second-order valence-electron chi connectivity index (χ2n) is 6.58. The number of hydrogen-bond donors (Lipinski definition) is 2. The summed E-state index contributed by atoms with van der Waals surface area (Å²) in [4.78, 5) is 20.5.